The highest BCUT2D eigenvalue weighted by Crippen LogP contribution is 2.20. The number of thiol groups is 2. The van der Waals surface area contributed by atoms with Crippen LogP contribution in [0.2, 0.25) is 0 Å². The molecule has 0 aliphatic heterocycles. The molecule has 0 radical (unpaired) electrons. The van der Waals surface area contributed by atoms with E-state index in [1.54, 1.807) is 72.0 Å². The molecule has 0 fully saturated rings. The normalized spacial score (nSPS) is 15.4. The molecule has 0 unspecified atom stereocenters. The van der Waals surface area contributed by atoms with Crippen LogP contribution in [0, 0.1) is 17.8 Å². The number of nitrogens with one attached hydrogen (secondary N) is 9. The maximum atomic E-state index is 14.0. The van der Waals surface area contributed by atoms with Crippen molar-refractivity contribution < 1.29 is 58.2 Å². The monoisotopic (exact) mass is 979 g/mol. The van der Waals surface area contributed by atoms with E-state index in [9.17, 15) is 58.2 Å². The average Bonchev–Trinajstić information content (AvgIpc) is 3.66. The number of aromatic amines is 1. The molecule has 2 rings (SSSR count). The first-order valence-corrected chi connectivity index (χ1v) is 22.7. The van der Waals surface area contributed by atoms with Crippen molar-refractivity contribution in [2.45, 2.75) is 116 Å². The number of carbonyl (C=O) groups excluding carboxylic acids is 9. The van der Waals surface area contributed by atoms with Crippen molar-refractivity contribution in [3.8, 4) is 0 Å². The third-order valence-corrected chi connectivity index (χ3v) is 11.1. The number of hydrogen-bond acceptors (Lipinski definition) is 14. The fourth-order valence-corrected chi connectivity index (χ4v) is 6.90. The maximum absolute atomic E-state index is 14.0. The lowest BCUT2D eigenvalue weighted by Crippen LogP contribution is -2.62. The number of aliphatic hydroxyl groups excluding tert-OH is 1. The highest BCUT2D eigenvalue weighted by atomic mass is 32.1. The molecule has 0 aliphatic rings. The van der Waals surface area contributed by atoms with Crippen LogP contribution < -0.4 is 54.0 Å². The molecule has 0 aliphatic carbocycles. The number of aromatic nitrogens is 1. The molecule has 67 heavy (non-hydrogen) atoms. The summed E-state index contributed by atoms with van der Waals surface area (Å²) in [5.74, 6) is -11.4. The van der Waals surface area contributed by atoms with Gasteiger partial charge in [0.1, 0.15) is 42.3 Å². The average molecular weight is 980 g/mol. The number of nitrogens with two attached hydrogens (primary N) is 2. The van der Waals surface area contributed by atoms with Gasteiger partial charge < -0.3 is 69.2 Å². The molecule has 1 aromatic carbocycles. The summed E-state index contributed by atoms with van der Waals surface area (Å²) >= 11 is 8.21. The number of carboxylic acid groups (broad SMARTS) is 1. The van der Waals surface area contributed by atoms with Crippen molar-refractivity contribution in [2.24, 2.45) is 29.2 Å². The Bertz CT molecular complexity index is 2100. The molecule has 23 nitrogen and oxygen atoms in total. The van der Waals surface area contributed by atoms with Gasteiger partial charge in [-0.25, -0.2) is 4.79 Å². The van der Waals surface area contributed by atoms with E-state index in [2.05, 4.69) is 72.8 Å². The smallest absolute Gasteiger partial charge is 0.326 e. The molecule has 15 N–H and O–H groups in total. The van der Waals surface area contributed by atoms with Crippen molar-refractivity contribution in [3.63, 3.8) is 0 Å². The molecule has 9 amide bonds. The Hall–Kier alpha value is -5.92. The van der Waals surface area contributed by atoms with Gasteiger partial charge in [0.05, 0.1) is 25.1 Å². The van der Waals surface area contributed by atoms with Crippen LogP contribution in [-0.2, 0) is 54.4 Å². The molecule has 9 atom stereocenters. The molecular weight excluding hydrogens is 915 g/mol. The lowest BCUT2D eigenvalue weighted by molar-refractivity contribution is -0.144. The Balaban J connectivity index is 2.26. The number of para-hydroxylation sites is 1. The Kier molecular flexibility index (Phi) is 23.1. The first kappa shape index (κ1) is 57.2. The minimum absolute atomic E-state index is 0.0129. The lowest BCUT2D eigenvalue weighted by Gasteiger charge is -2.28. The molecule has 1 aromatic heterocycles. The molecule has 25 heteroatoms. The zero-order chi connectivity index (χ0) is 50.9. The maximum Gasteiger partial charge on any atom is 0.326 e. The SMILES string of the molecule is CC(C)[C@H](NC(=O)[C@@H](NC(=O)[C@H](Cc1c[nH]c2ccccc12)NC(=O)[C@H](CS)NC(=O)[C@@H](NC(=O)CNC(=O)[C@H](CC(N)=O)NC(=O)[C@@H](NC(=O)[C@@H](N)CS)C(C)C)C(C)C)[C@@H](C)O)C(=O)O. The van der Waals surface area contributed by atoms with Crippen molar-refractivity contribution in [3.05, 3.63) is 36.0 Å². The second kappa shape index (κ2) is 27.0. The van der Waals surface area contributed by atoms with Crippen molar-refractivity contribution in [2.75, 3.05) is 18.1 Å². The van der Waals surface area contributed by atoms with Crippen LogP contribution in [0.1, 0.15) is 60.5 Å². The number of primary amides is 1. The lowest BCUT2D eigenvalue weighted by atomic mass is 10.0. The summed E-state index contributed by atoms with van der Waals surface area (Å²) < 4.78 is 0. The van der Waals surface area contributed by atoms with E-state index >= 15 is 0 Å². The highest BCUT2D eigenvalue weighted by molar-refractivity contribution is 7.80. The van der Waals surface area contributed by atoms with Crippen LogP contribution in [0.15, 0.2) is 30.5 Å². The van der Waals surface area contributed by atoms with E-state index < -0.39 is 144 Å². The third kappa shape index (κ3) is 17.7. The Labute approximate surface area is 398 Å². The van der Waals surface area contributed by atoms with Crippen LogP contribution in [-0.4, -0.2) is 147 Å². The summed E-state index contributed by atoms with van der Waals surface area (Å²) in [5, 5.41) is 40.3. The van der Waals surface area contributed by atoms with Crippen molar-refractivity contribution in [1.82, 2.24) is 47.5 Å². The van der Waals surface area contributed by atoms with Crippen LogP contribution in [0.3, 0.4) is 0 Å². The molecular formula is C42H65N11O12S2. The van der Waals surface area contributed by atoms with E-state index in [4.69, 9.17) is 11.5 Å². The van der Waals surface area contributed by atoms with Gasteiger partial charge in [-0.2, -0.15) is 25.3 Å². The van der Waals surface area contributed by atoms with Gasteiger partial charge in [-0.15, -0.1) is 0 Å². The molecule has 372 valence electrons. The zero-order valence-corrected chi connectivity index (χ0v) is 40.2. The number of H-pyrrole nitrogens is 1. The highest BCUT2D eigenvalue weighted by Gasteiger charge is 2.36. The Morgan fingerprint density at radius 1 is 0.612 bits per heavy atom. The summed E-state index contributed by atoms with van der Waals surface area (Å²) in [5.41, 5.74) is 12.3. The number of aliphatic carboxylic acids is 1. The number of rotatable bonds is 27. The summed E-state index contributed by atoms with van der Waals surface area (Å²) in [6.45, 7) is 9.99. The number of carboxylic acids is 1. The van der Waals surface area contributed by atoms with Crippen LogP contribution in [0.5, 0.6) is 0 Å². The van der Waals surface area contributed by atoms with Gasteiger partial charge in [0.2, 0.25) is 53.2 Å². The van der Waals surface area contributed by atoms with Gasteiger partial charge in [0.25, 0.3) is 0 Å². The summed E-state index contributed by atoms with van der Waals surface area (Å²) in [4.78, 5) is 133. The van der Waals surface area contributed by atoms with Crippen LogP contribution in [0.4, 0.5) is 0 Å². The molecule has 0 bridgehead atoms. The fourth-order valence-electron chi connectivity index (χ4n) is 6.47. The van der Waals surface area contributed by atoms with Gasteiger partial charge in [0, 0.05) is 35.0 Å². The number of amides is 9. The van der Waals surface area contributed by atoms with E-state index in [0.717, 1.165) is 0 Å². The largest absolute Gasteiger partial charge is 0.480 e. The standard InChI is InChI=1S/C42H65N11O12S2/c1-18(2)31(50-30(56)15-46-36(58)27(13-29(44)55)48-40(62)32(19(3)4)51-35(57)24(43)16-66)39(61)49-28(17-67)38(60)47-26(12-22-14-45-25-11-9-8-10-23(22)25)37(59)53-34(21(7)54)41(63)52-33(20(5)6)42(64)65/h8-11,14,18-21,24,26-28,31-34,45,54,66-67H,12-13,15-17,43H2,1-7H3,(H2,44,55)(H,46,58)(H,47,60)(H,48,62)(H,49,61)(H,50,56)(H,51,57)(H,52,63)(H,53,59)(H,64,65)/t21-,24+,26+,27+,28+,31+,32+,33+,34+/m1/s1. The molecule has 2 aromatic rings. The first-order valence-electron chi connectivity index (χ1n) is 21.4. The molecule has 0 spiro atoms. The molecule has 1 heterocycles. The predicted molar refractivity (Wildman–Crippen MR) is 252 cm³/mol. The first-order chi connectivity index (χ1) is 31.3. The van der Waals surface area contributed by atoms with E-state index in [-0.39, 0.29) is 17.9 Å². The van der Waals surface area contributed by atoms with Gasteiger partial charge >= 0.3 is 5.97 Å². The quantitative estimate of drug-likeness (QED) is 0.0391. The minimum atomic E-state index is -1.65. The topological polar surface area (TPSA) is 375 Å². The Morgan fingerprint density at radius 2 is 1.10 bits per heavy atom. The zero-order valence-electron chi connectivity index (χ0n) is 38.4. The fraction of sp³-hybridized carbons (Fsp3) is 0.571. The number of benzene rings is 1. The van der Waals surface area contributed by atoms with Crippen molar-refractivity contribution in [1.29, 1.82) is 0 Å². The van der Waals surface area contributed by atoms with E-state index in [0.29, 0.717) is 16.5 Å². The predicted octanol–water partition coefficient (Wildman–Crippen LogP) is -3.28. The number of carbonyl (C=O) groups is 10. The van der Waals surface area contributed by atoms with Gasteiger partial charge in [-0.3, -0.25) is 43.2 Å². The van der Waals surface area contributed by atoms with E-state index in [1.807, 2.05) is 0 Å². The summed E-state index contributed by atoms with van der Waals surface area (Å²) in [6, 6.07) is -3.84. The minimum Gasteiger partial charge on any atom is -0.480 e. The number of fused-ring (bicyclic) bond motifs is 1. The summed E-state index contributed by atoms with van der Waals surface area (Å²) in [7, 11) is 0. The summed E-state index contributed by atoms with van der Waals surface area (Å²) in [6.07, 6.45) is -0.732. The van der Waals surface area contributed by atoms with Gasteiger partial charge in [-0.1, -0.05) is 59.7 Å². The van der Waals surface area contributed by atoms with Gasteiger partial charge in [-0.05, 0) is 36.3 Å². The second-order valence-corrected chi connectivity index (χ2v) is 17.7. The van der Waals surface area contributed by atoms with Crippen molar-refractivity contribution >= 4 is 95.3 Å². The second-order valence-electron chi connectivity index (χ2n) is 16.9. The third-order valence-electron chi connectivity index (χ3n) is 10.3. The van der Waals surface area contributed by atoms with Crippen LogP contribution >= 0.6 is 25.3 Å². The molecule has 0 saturated carbocycles. The Morgan fingerprint density at radius 3 is 1.63 bits per heavy atom. The molecule has 0 saturated heterocycles. The van der Waals surface area contributed by atoms with Crippen LogP contribution in [0.25, 0.3) is 10.9 Å². The van der Waals surface area contributed by atoms with E-state index in [1.165, 1.54) is 6.92 Å². The number of aliphatic hydroxyl groups is 1. The van der Waals surface area contributed by atoms with Gasteiger partial charge in [0.15, 0.2) is 0 Å². The number of hydrogen-bond donors (Lipinski definition) is 15.